The molecule has 1 amide bonds. The van der Waals surface area contributed by atoms with E-state index in [1.807, 2.05) is 65.2 Å². The van der Waals surface area contributed by atoms with Crippen LogP contribution in [0.1, 0.15) is 11.4 Å². The van der Waals surface area contributed by atoms with E-state index < -0.39 is 0 Å². The molecular weight excluding hydrogens is 417 g/mol. The Balaban J connectivity index is 1.33. The molecule has 164 valence electrons. The summed E-state index contributed by atoms with van der Waals surface area (Å²) in [5.74, 6) is 0.954. The second-order valence-corrected chi connectivity index (χ2v) is 7.80. The van der Waals surface area contributed by atoms with Gasteiger partial charge in [0.1, 0.15) is 30.5 Å². The summed E-state index contributed by atoms with van der Waals surface area (Å²) in [4.78, 5) is 17.4. The Labute approximate surface area is 190 Å². The van der Waals surface area contributed by atoms with Crippen molar-refractivity contribution in [3.8, 4) is 5.75 Å². The van der Waals surface area contributed by atoms with Gasteiger partial charge in [-0.2, -0.15) is 0 Å². The number of nitrogens with zero attached hydrogens (tertiary/aromatic N) is 2. The Kier molecular flexibility index (Phi) is 5.72. The van der Waals surface area contributed by atoms with Gasteiger partial charge in [0.15, 0.2) is 0 Å². The number of imidazole rings is 1. The summed E-state index contributed by atoms with van der Waals surface area (Å²) in [5.41, 5.74) is 2.51. The van der Waals surface area contributed by atoms with Crippen molar-refractivity contribution in [2.75, 3.05) is 0 Å². The maximum absolute atomic E-state index is 13.1. The number of hydrogen-bond donors (Lipinski definition) is 1. The van der Waals surface area contributed by atoms with E-state index in [-0.39, 0.29) is 24.9 Å². The van der Waals surface area contributed by atoms with Gasteiger partial charge in [0.05, 0.1) is 11.0 Å². The van der Waals surface area contributed by atoms with E-state index in [2.05, 4.69) is 16.4 Å². The molecule has 1 N–H and O–H groups in total. The molecule has 5 rings (SSSR count). The lowest BCUT2D eigenvalue weighted by molar-refractivity contribution is -0.121. The number of fused-ring (bicyclic) bond motifs is 2. The zero-order valence-corrected chi connectivity index (χ0v) is 17.9. The summed E-state index contributed by atoms with van der Waals surface area (Å²) in [6.45, 7) is 0.672. The number of ether oxygens (including phenoxy) is 1. The maximum Gasteiger partial charge on any atom is 0.240 e. The highest BCUT2D eigenvalue weighted by Crippen LogP contribution is 2.22. The summed E-state index contributed by atoms with van der Waals surface area (Å²) >= 11 is 0. The van der Waals surface area contributed by atoms with E-state index in [0.717, 1.165) is 33.1 Å². The van der Waals surface area contributed by atoms with Crippen molar-refractivity contribution in [2.45, 2.75) is 19.7 Å². The second kappa shape index (κ2) is 9.12. The van der Waals surface area contributed by atoms with Crippen LogP contribution in [-0.2, 0) is 24.5 Å². The summed E-state index contributed by atoms with van der Waals surface area (Å²) in [5, 5.41) is 5.14. The molecule has 0 saturated heterocycles. The van der Waals surface area contributed by atoms with E-state index in [1.165, 1.54) is 12.1 Å². The molecule has 0 aliphatic rings. The monoisotopic (exact) mass is 439 g/mol. The molecule has 0 aliphatic heterocycles. The predicted molar refractivity (Wildman–Crippen MR) is 126 cm³/mol. The molecule has 0 bridgehead atoms. The standard InChI is InChI=1S/C27H22FN3O2/c28-22-12-9-19(10-13-22)16-29-27(32)17-31-25-8-4-3-7-24(25)30-26(31)18-33-23-14-11-20-5-1-2-6-21(20)15-23/h1-15H,16-18H2,(H,29,32). The van der Waals surface area contributed by atoms with E-state index in [1.54, 1.807) is 12.1 Å². The van der Waals surface area contributed by atoms with Crippen molar-refractivity contribution >= 4 is 27.7 Å². The Morgan fingerprint density at radius 1 is 0.909 bits per heavy atom. The molecule has 4 aromatic carbocycles. The van der Waals surface area contributed by atoms with Gasteiger partial charge in [0.2, 0.25) is 5.91 Å². The van der Waals surface area contributed by atoms with Crippen LogP contribution in [0.4, 0.5) is 4.39 Å². The number of hydrogen-bond acceptors (Lipinski definition) is 3. The molecular formula is C27H22FN3O2. The minimum atomic E-state index is -0.300. The number of carbonyl (C=O) groups is 1. The van der Waals surface area contributed by atoms with Crippen LogP contribution in [-0.4, -0.2) is 15.5 Å². The molecule has 0 unspecified atom stereocenters. The third-order valence-corrected chi connectivity index (χ3v) is 5.53. The lowest BCUT2D eigenvalue weighted by Gasteiger charge is -2.11. The average molecular weight is 439 g/mol. The molecule has 0 saturated carbocycles. The van der Waals surface area contributed by atoms with Crippen LogP contribution >= 0.6 is 0 Å². The van der Waals surface area contributed by atoms with Gasteiger partial charge in [0.25, 0.3) is 0 Å². The zero-order chi connectivity index (χ0) is 22.6. The Hall–Kier alpha value is -4.19. The van der Waals surface area contributed by atoms with Gasteiger partial charge < -0.3 is 14.6 Å². The summed E-state index contributed by atoms with van der Waals surface area (Å²) < 4.78 is 21.0. The fourth-order valence-electron chi connectivity index (χ4n) is 3.82. The van der Waals surface area contributed by atoms with Gasteiger partial charge in [-0.05, 0) is 52.7 Å². The molecule has 5 aromatic rings. The summed E-state index contributed by atoms with van der Waals surface area (Å²) in [6.07, 6.45) is 0. The van der Waals surface area contributed by atoms with Crippen LogP contribution in [0.25, 0.3) is 21.8 Å². The highest BCUT2D eigenvalue weighted by molar-refractivity contribution is 5.84. The van der Waals surface area contributed by atoms with Crippen molar-refractivity contribution in [1.82, 2.24) is 14.9 Å². The van der Waals surface area contributed by atoms with Gasteiger partial charge in [-0.3, -0.25) is 4.79 Å². The third-order valence-electron chi connectivity index (χ3n) is 5.53. The number of benzene rings is 4. The van der Waals surface area contributed by atoms with Crippen molar-refractivity contribution in [3.05, 3.63) is 108 Å². The molecule has 5 nitrogen and oxygen atoms in total. The Morgan fingerprint density at radius 2 is 1.67 bits per heavy atom. The number of rotatable bonds is 7. The first-order valence-corrected chi connectivity index (χ1v) is 10.7. The fraction of sp³-hybridized carbons (Fsp3) is 0.111. The van der Waals surface area contributed by atoms with Crippen LogP contribution < -0.4 is 10.1 Å². The van der Waals surface area contributed by atoms with E-state index in [0.29, 0.717) is 12.4 Å². The topological polar surface area (TPSA) is 56.2 Å². The molecule has 6 heteroatoms. The van der Waals surface area contributed by atoms with Crippen molar-refractivity contribution in [1.29, 1.82) is 0 Å². The van der Waals surface area contributed by atoms with E-state index in [9.17, 15) is 9.18 Å². The molecule has 0 spiro atoms. The molecule has 0 fully saturated rings. The first-order chi connectivity index (χ1) is 16.2. The summed E-state index contributed by atoms with van der Waals surface area (Å²) in [7, 11) is 0. The van der Waals surface area contributed by atoms with Crippen LogP contribution in [0.15, 0.2) is 91.0 Å². The van der Waals surface area contributed by atoms with E-state index in [4.69, 9.17) is 4.74 Å². The predicted octanol–water partition coefficient (Wildman–Crippen LogP) is 5.22. The van der Waals surface area contributed by atoms with Crippen LogP contribution in [0, 0.1) is 5.82 Å². The number of halogens is 1. The quantitative estimate of drug-likeness (QED) is 0.378. The average Bonchev–Trinajstić information content (AvgIpc) is 3.19. The van der Waals surface area contributed by atoms with Gasteiger partial charge in [-0.1, -0.05) is 54.6 Å². The zero-order valence-electron chi connectivity index (χ0n) is 17.9. The van der Waals surface area contributed by atoms with Gasteiger partial charge in [-0.15, -0.1) is 0 Å². The van der Waals surface area contributed by atoms with Crippen LogP contribution in [0.3, 0.4) is 0 Å². The van der Waals surface area contributed by atoms with Crippen molar-refractivity contribution in [3.63, 3.8) is 0 Å². The highest BCUT2D eigenvalue weighted by Gasteiger charge is 2.14. The highest BCUT2D eigenvalue weighted by atomic mass is 19.1. The smallest absolute Gasteiger partial charge is 0.240 e. The number of amides is 1. The molecule has 0 aliphatic carbocycles. The fourth-order valence-corrected chi connectivity index (χ4v) is 3.82. The van der Waals surface area contributed by atoms with Crippen molar-refractivity contribution in [2.24, 2.45) is 0 Å². The molecule has 0 atom stereocenters. The number of carbonyl (C=O) groups excluding carboxylic acids is 1. The molecule has 1 heterocycles. The summed E-state index contributed by atoms with van der Waals surface area (Å²) in [6, 6.07) is 27.8. The molecule has 33 heavy (non-hydrogen) atoms. The lowest BCUT2D eigenvalue weighted by atomic mass is 10.1. The van der Waals surface area contributed by atoms with Crippen LogP contribution in [0.2, 0.25) is 0 Å². The van der Waals surface area contributed by atoms with E-state index >= 15 is 0 Å². The first-order valence-electron chi connectivity index (χ1n) is 10.7. The normalized spacial score (nSPS) is 11.1. The Bertz CT molecular complexity index is 1430. The third kappa shape index (κ3) is 4.70. The molecule has 1 aromatic heterocycles. The Morgan fingerprint density at radius 3 is 2.52 bits per heavy atom. The lowest BCUT2D eigenvalue weighted by Crippen LogP contribution is -2.28. The van der Waals surface area contributed by atoms with Gasteiger partial charge in [0, 0.05) is 6.54 Å². The SMILES string of the molecule is O=C(Cn1c(COc2ccc3ccccc3c2)nc2ccccc21)NCc1ccc(F)cc1. The first kappa shape index (κ1) is 20.7. The minimum absolute atomic E-state index is 0.109. The van der Waals surface area contributed by atoms with Crippen LogP contribution in [0.5, 0.6) is 5.75 Å². The molecule has 0 radical (unpaired) electrons. The van der Waals surface area contributed by atoms with Gasteiger partial charge in [-0.25, -0.2) is 9.37 Å². The number of nitrogens with one attached hydrogen (secondary N) is 1. The minimum Gasteiger partial charge on any atom is -0.486 e. The van der Waals surface area contributed by atoms with Crippen molar-refractivity contribution < 1.29 is 13.9 Å². The second-order valence-electron chi connectivity index (χ2n) is 7.80. The maximum atomic E-state index is 13.1. The largest absolute Gasteiger partial charge is 0.486 e. The van der Waals surface area contributed by atoms with Gasteiger partial charge >= 0.3 is 0 Å². The number of aromatic nitrogens is 2. The number of para-hydroxylation sites is 2.